The van der Waals surface area contributed by atoms with E-state index in [9.17, 15) is 9.59 Å². The molecule has 1 aromatic heterocycles. The summed E-state index contributed by atoms with van der Waals surface area (Å²) in [5.74, 6) is -1.17. The van der Waals surface area contributed by atoms with E-state index < -0.39 is 11.4 Å². The summed E-state index contributed by atoms with van der Waals surface area (Å²) >= 11 is 0. The molecule has 0 bridgehead atoms. The van der Waals surface area contributed by atoms with Crippen LogP contribution in [-0.4, -0.2) is 28.5 Å². The second-order valence-corrected chi connectivity index (χ2v) is 4.71. The second-order valence-electron chi connectivity index (χ2n) is 4.71. The van der Waals surface area contributed by atoms with Crippen molar-refractivity contribution >= 4 is 17.6 Å². The molecule has 5 heteroatoms. The first-order valence-electron chi connectivity index (χ1n) is 5.82. The van der Waals surface area contributed by atoms with Crippen molar-refractivity contribution in [2.45, 2.75) is 27.2 Å². The number of pyridine rings is 1. The molecule has 1 amide bonds. The average molecular weight is 250 g/mol. The van der Waals surface area contributed by atoms with Crippen molar-refractivity contribution in [2.75, 3.05) is 11.4 Å². The Morgan fingerprint density at radius 3 is 2.33 bits per heavy atom. The largest absolute Gasteiger partial charge is 0.481 e. The van der Waals surface area contributed by atoms with Gasteiger partial charge >= 0.3 is 5.97 Å². The third-order valence-electron chi connectivity index (χ3n) is 2.76. The van der Waals surface area contributed by atoms with Gasteiger partial charge in [0, 0.05) is 31.0 Å². The van der Waals surface area contributed by atoms with E-state index in [1.807, 2.05) is 6.92 Å². The number of carbonyl (C=O) groups excluding carboxylic acids is 1. The Bertz CT molecular complexity index is 429. The minimum atomic E-state index is -1.06. The Balaban J connectivity index is 2.85. The summed E-state index contributed by atoms with van der Waals surface area (Å²) in [7, 11) is 0. The number of aliphatic carboxylic acids is 1. The van der Waals surface area contributed by atoms with Crippen LogP contribution in [0.25, 0.3) is 0 Å². The van der Waals surface area contributed by atoms with Gasteiger partial charge in [0.1, 0.15) is 0 Å². The minimum absolute atomic E-state index is 0.0293. The molecule has 0 radical (unpaired) electrons. The fourth-order valence-electron chi connectivity index (χ4n) is 1.58. The molecule has 0 aliphatic heterocycles. The molecule has 0 aliphatic rings. The summed E-state index contributed by atoms with van der Waals surface area (Å²) in [6, 6.07) is 3.46. The smallest absolute Gasteiger partial charge is 0.309 e. The van der Waals surface area contributed by atoms with Crippen molar-refractivity contribution in [3.8, 4) is 0 Å². The lowest BCUT2D eigenvalue weighted by atomic mass is 9.89. The molecule has 0 spiro atoms. The summed E-state index contributed by atoms with van der Waals surface area (Å²) in [4.78, 5) is 28.6. The van der Waals surface area contributed by atoms with Gasteiger partial charge in [0.2, 0.25) is 5.91 Å². The third kappa shape index (κ3) is 3.29. The van der Waals surface area contributed by atoms with Crippen LogP contribution in [0.2, 0.25) is 0 Å². The van der Waals surface area contributed by atoms with Crippen molar-refractivity contribution in [2.24, 2.45) is 5.41 Å². The van der Waals surface area contributed by atoms with E-state index in [4.69, 9.17) is 5.11 Å². The molecule has 98 valence electrons. The Kier molecular flexibility index (Phi) is 4.42. The zero-order valence-electron chi connectivity index (χ0n) is 10.9. The molecule has 0 atom stereocenters. The van der Waals surface area contributed by atoms with Crippen LogP contribution >= 0.6 is 0 Å². The summed E-state index contributed by atoms with van der Waals surface area (Å²) in [6.07, 6.45) is 3.18. The number of aromatic nitrogens is 1. The van der Waals surface area contributed by atoms with Gasteiger partial charge in [-0.3, -0.25) is 14.6 Å². The molecule has 0 fully saturated rings. The van der Waals surface area contributed by atoms with Crippen LogP contribution in [0, 0.1) is 5.41 Å². The molecule has 0 unspecified atom stereocenters. The molecule has 0 saturated carbocycles. The van der Waals surface area contributed by atoms with Crippen LogP contribution in [0.3, 0.4) is 0 Å². The average Bonchev–Trinajstić information content (AvgIpc) is 2.30. The van der Waals surface area contributed by atoms with Crippen LogP contribution in [0.4, 0.5) is 5.69 Å². The Labute approximate surface area is 106 Å². The fraction of sp³-hybridized carbons (Fsp3) is 0.462. The number of hydrogen-bond acceptors (Lipinski definition) is 3. The highest BCUT2D eigenvalue weighted by Crippen LogP contribution is 2.23. The number of carbonyl (C=O) groups is 2. The highest BCUT2D eigenvalue weighted by Gasteiger charge is 2.32. The summed E-state index contributed by atoms with van der Waals surface area (Å²) in [5.41, 5.74) is -0.323. The molecular weight excluding hydrogens is 232 g/mol. The van der Waals surface area contributed by atoms with Gasteiger partial charge < -0.3 is 10.0 Å². The number of carboxylic acids is 1. The van der Waals surface area contributed by atoms with Crippen molar-refractivity contribution in [3.05, 3.63) is 24.5 Å². The predicted octanol–water partition coefficient (Wildman–Crippen LogP) is 1.94. The van der Waals surface area contributed by atoms with Crippen LogP contribution in [-0.2, 0) is 9.59 Å². The molecule has 5 nitrogen and oxygen atoms in total. The monoisotopic (exact) mass is 250 g/mol. The van der Waals surface area contributed by atoms with E-state index >= 15 is 0 Å². The van der Waals surface area contributed by atoms with Gasteiger partial charge in [-0.25, -0.2) is 0 Å². The number of carboxylic acid groups (broad SMARTS) is 1. The zero-order valence-corrected chi connectivity index (χ0v) is 10.9. The normalized spacial score (nSPS) is 11.1. The van der Waals surface area contributed by atoms with Crippen LogP contribution in [0.5, 0.6) is 0 Å². The lowest BCUT2D eigenvalue weighted by Gasteiger charge is -2.25. The molecule has 0 aliphatic carbocycles. The standard InChI is InChI=1S/C13H18N2O3/c1-4-15(10-5-7-14-8-6-10)11(16)9-13(2,3)12(17)18/h5-8H,4,9H2,1-3H3,(H,17,18). The Morgan fingerprint density at radius 1 is 1.33 bits per heavy atom. The van der Waals surface area contributed by atoms with Crippen LogP contribution in [0.15, 0.2) is 24.5 Å². The Morgan fingerprint density at radius 2 is 1.89 bits per heavy atom. The molecule has 1 rings (SSSR count). The maximum atomic E-state index is 12.1. The molecule has 1 aromatic rings. The molecule has 1 N–H and O–H groups in total. The van der Waals surface area contributed by atoms with Gasteiger partial charge in [-0.1, -0.05) is 0 Å². The van der Waals surface area contributed by atoms with Crippen LogP contribution in [0.1, 0.15) is 27.2 Å². The fourth-order valence-corrected chi connectivity index (χ4v) is 1.58. The second kappa shape index (κ2) is 5.62. The first kappa shape index (κ1) is 14.2. The van der Waals surface area contributed by atoms with E-state index in [0.717, 1.165) is 5.69 Å². The van der Waals surface area contributed by atoms with Gasteiger partial charge in [0.25, 0.3) is 0 Å². The number of nitrogens with zero attached hydrogens (tertiary/aromatic N) is 2. The zero-order chi connectivity index (χ0) is 13.8. The van der Waals surface area contributed by atoms with Crippen molar-refractivity contribution in [1.82, 2.24) is 4.98 Å². The number of amides is 1. The summed E-state index contributed by atoms with van der Waals surface area (Å²) < 4.78 is 0. The Hall–Kier alpha value is -1.91. The first-order valence-corrected chi connectivity index (χ1v) is 5.82. The van der Waals surface area contributed by atoms with Gasteiger partial charge in [-0.05, 0) is 32.9 Å². The molecule has 0 saturated heterocycles. The van der Waals surface area contributed by atoms with Crippen molar-refractivity contribution in [3.63, 3.8) is 0 Å². The topological polar surface area (TPSA) is 70.5 Å². The highest BCUT2D eigenvalue weighted by molar-refractivity contribution is 5.96. The van der Waals surface area contributed by atoms with Crippen molar-refractivity contribution in [1.29, 1.82) is 0 Å². The van der Waals surface area contributed by atoms with Gasteiger partial charge in [0.05, 0.1) is 5.41 Å². The predicted molar refractivity (Wildman–Crippen MR) is 68.3 cm³/mol. The molecule has 18 heavy (non-hydrogen) atoms. The third-order valence-corrected chi connectivity index (χ3v) is 2.76. The molecular formula is C13H18N2O3. The first-order chi connectivity index (χ1) is 8.38. The number of anilines is 1. The number of hydrogen-bond donors (Lipinski definition) is 1. The van der Waals surface area contributed by atoms with E-state index in [-0.39, 0.29) is 12.3 Å². The quantitative estimate of drug-likeness (QED) is 0.866. The van der Waals surface area contributed by atoms with Gasteiger partial charge in [-0.15, -0.1) is 0 Å². The van der Waals surface area contributed by atoms with Gasteiger partial charge in [-0.2, -0.15) is 0 Å². The van der Waals surface area contributed by atoms with E-state index in [1.54, 1.807) is 43.3 Å². The van der Waals surface area contributed by atoms with E-state index in [0.29, 0.717) is 6.54 Å². The lowest BCUT2D eigenvalue weighted by Crippen LogP contribution is -2.36. The van der Waals surface area contributed by atoms with Crippen LogP contribution < -0.4 is 4.90 Å². The molecule has 1 heterocycles. The minimum Gasteiger partial charge on any atom is -0.481 e. The lowest BCUT2D eigenvalue weighted by molar-refractivity contribution is -0.149. The summed E-state index contributed by atoms with van der Waals surface area (Å²) in [5, 5.41) is 9.03. The van der Waals surface area contributed by atoms with E-state index in [2.05, 4.69) is 4.98 Å². The SMILES string of the molecule is CCN(C(=O)CC(C)(C)C(=O)O)c1ccncc1. The highest BCUT2D eigenvalue weighted by atomic mass is 16.4. The maximum absolute atomic E-state index is 12.1. The summed E-state index contributed by atoms with van der Waals surface area (Å²) in [6.45, 7) is 5.45. The molecule has 0 aromatic carbocycles. The van der Waals surface area contributed by atoms with E-state index in [1.165, 1.54) is 0 Å². The van der Waals surface area contributed by atoms with Gasteiger partial charge in [0.15, 0.2) is 0 Å². The number of rotatable bonds is 5. The van der Waals surface area contributed by atoms with Crippen molar-refractivity contribution < 1.29 is 14.7 Å². The maximum Gasteiger partial charge on any atom is 0.309 e.